The Morgan fingerprint density at radius 2 is 1.56 bits per heavy atom. The van der Waals surface area contributed by atoms with Crippen LogP contribution in [0.5, 0.6) is 0 Å². The third kappa shape index (κ3) is 2.64. The second-order valence-electron chi connectivity index (χ2n) is 4.75. The maximum Gasteiger partial charge on any atom is 0.144 e. The third-order valence-electron chi connectivity index (χ3n) is 3.26. The summed E-state index contributed by atoms with van der Waals surface area (Å²) in [5.74, 6) is -0.166. The molecule has 0 aliphatic rings. The van der Waals surface area contributed by atoms with Crippen molar-refractivity contribution in [3.05, 3.63) is 24.3 Å². The summed E-state index contributed by atoms with van der Waals surface area (Å²) in [6.07, 6.45) is 0. The maximum atomic E-state index is 3.61. The molecule has 90 valence electrons. The Morgan fingerprint density at radius 3 is 2.00 bits per heavy atom. The zero-order valence-electron chi connectivity index (χ0n) is 11.2. The molecule has 16 heavy (non-hydrogen) atoms. The van der Waals surface area contributed by atoms with Crippen molar-refractivity contribution in [1.29, 1.82) is 0 Å². The Morgan fingerprint density at radius 1 is 1.06 bits per heavy atom. The summed E-state index contributed by atoms with van der Waals surface area (Å²) in [6.45, 7) is 2.18. The zero-order valence-corrected chi connectivity index (χ0v) is 13.2. The summed E-state index contributed by atoms with van der Waals surface area (Å²) in [5, 5.41) is 5.01. The van der Waals surface area contributed by atoms with Gasteiger partial charge in [0.1, 0.15) is 5.79 Å². The van der Waals surface area contributed by atoms with Crippen molar-refractivity contribution in [3.63, 3.8) is 0 Å². The lowest BCUT2D eigenvalue weighted by Crippen LogP contribution is -2.59. The minimum atomic E-state index is -0.166. The first-order valence-corrected chi connectivity index (χ1v) is 6.56. The lowest BCUT2D eigenvalue weighted by molar-refractivity contribution is 0.0493. The van der Waals surface area contributed by atoms with Gasteiger partial charge in [-0.15, -0.1) is 0 Å². The molecule has 0 saturated carbocycles. The van der Waals surface area contributed by atoms with E-state index in [9.17, 15) is 0 Å². The van der Waals surface area contributed by atoms with Gasteiger partial charge >= 0.3 is 0 Å². The van der Waals surface area contributed by atoms with E-state index in [2.05, 4.69) is 74.5 Å². The second kappa shape index (κ2) is 4.99. The van der Waals surface area contributed by atoms with Crippen LogP contribution in [0, 0.1) is 0 Å². The smallest absolute Gasteiger partial charge is 0.144 e. The molecule has 0 spiro atoms. The van der Waals surface area contributed by atoms with Crippen LogP contribution in [0.25, 0.3) is 0 Å². The Labute approximate surface area is 102 Å². The first kappa shape index (κ1) is 13.2. The summed E-state index contributed by atoms with van der Waals surface area (Å²) in [4.78, 5) is 4.36. The van der Waals surface area contributed by atoms with E-state index in [1.807, 2.05) is 0 Å². The first-order valence-electron chi connectivity index (χ1n) is 5.56. The first-order chi connectivity index (χ1) is 7.38. The Balaban J connectivity index is 2.98. The highest BCUT2D eigenvalue weighted by Crippen LogP contribution is 2.17. The lowest BCUT2D eigenvalue weighted by atomic mass is 10.2. The van der Waals surface area contributed by atoms with E-state index in [0.717, 1.165) is 10.2 Å². The normalized spacial score (nSPS) is 12.4. The molecule has 0 atom stereocenters. The highest BCUT2D eigenvalue weighted by Gasteiger charge is 2.29. The molecular formula is C12H23N3Si. The maximum absolute atomic E-state index is 3.61. The topological polar surface area (TPSA) is 18.5 Å². The van der Waals surface area contributed by atoms with Gasteiger partial charge in [0.2, 0.25) is 0 Å². The largest absolute Gasteiger partial charge is 0.355 e. The highest BCUT2D eigenvalue weighted by atomic mass is 28.1. The summed E-state index contributed by atoms with van der Waals surface area (Å²) in [7, 11) is 9.41. The highest BCUT2D eigenvalue weighted by molar-refractivity contribution is 6.35. The molecule has 0 heterocycles. The number of hydrogen-bond acceptors (Lipinski definition) is 3. The standard InChI is InChI=1S/C12H23N3Si/c1-12(14(2)3,15(4)5)13-10-8-6-7-9-11(10)16/h6-9,13H,1-5,16H3. The molecule has 1 aromatic rings. The molecule has 1 rings (SSSR count). The Bertz CT molecular complexity index is 342. The van der Waals surface area contributed by atoms with Gasteiger partial charge in [0.15, 0.2) is 0 Å². The van der Waals surface area contributed by atoms with Gasteiger partial charge < -0.3 is 5.32 Å². The molecule has 1 N–H and O–H groups in total. The number of nitrogens with zero attached hydrogens (tertiary/aromatic N) is 2. The predicted molar refractivity (Wildman–Crippen MR) is 75.4 cm³/mol. The summed E-state index contributed by atoms with van der Waals surface area (Å²) in [5.41, 5.74) is 1.24. The predicted octanol–water partition coefficient (Wildman–Crippen LogP) is -0.114. The van der Waals surface area contributed by atoms with Gasteiger partial charge in [0, 0.05) is 15.9 Å². The average molecular weight is 237 g/mol. The van der Waals surface area contributed by atoms with Crippen LogP contribution >= 0.6 is 0 Å². The molecule has 0 bridgehead atoms. The van der Waals surface area contributed by atoms with E-state index in [1.165, 1.54) is 10.9 Å². The Hall–Kier alpha value is -0.843. The van der Waals surface area contributed by atoms with E-state index >= 15 is 0 Å². The fourth-order valence-corrected chi connectivity index (χ4v) is 2.08. The fraction of sp³-hybridized carbons (Fsp3) is 0.500. The van der Waals surface area contributed by atoms with Crippen LogP contribution in [0.2, 0.25) is 0 Å². The molecule has 0 aliphatic carbocycles. The van der Waals surface area contributed by atoms with E-state index in [4.69, 9.17) is 0 Å². The van der Waals surface area contributed by atoms with Crippen LogP contribution in [0.3, 0.4) is 0 Å². The molecule has 0 aliphatic heterocycles. The summed E-state index contributed by atoms with van der Waals surface area (Å²) >= 11 is 0. The van der Waals surface area contributed by atoms with Crippen LogP contribution in [0.4, 0.5) is 5.69 Å². The van der Waals surface area contributed by atoms with Crippen molar-refractivity contribution < 1.29 is 0 Å². The summed E-state index contributed by atoms with van der Waals surface area (Å²) in [6, 6.07) is 8.50. The van der Waals surface area contributed by atoms with Crippen molar-refractivity contribution in [2.75, 3.05) is 33.5 Å². The Kier molecular flexibility index (Phi) is 4.13. The summed E-state index contributed by atoms with van der Waals surface area (Å²) < 4.78 is 0. The minimum absolute atomic E-state index is 0.166. The van der Waals surface area contributed by atoms with Crippen LogP contribution in [0.1, 0.15) is 6.92 Å². The van der Waals surface area contributed by atoms with Gasteiger partial charge in [-0.3, -0.25) is 9.80 Å². The van der Waals surface area contributed by atoms with E-state index in [1.54, 1.807) is 0 Å². The minimum Gasteiger partial charge on any atom is -0.355 e. The van der Waals surface area contributed by atoms with Gasteiger partial charge in [0.25, 0.3) is 0 Å². The average Bonchev–Trinajstić information content (AvgIpc) is 2.20. The van der Waals surface area contributed by atoms with Crippen molar-refractivity contribution in [2.24, 2.45) is 0 Å². The van der Waals surface area contributed by atoms with Crippen molar-refractivity contribution in [1.82, 2.24) is 9.80 Å². The van der Waals surface area contributed by atoms with Crippen LogP contribution in [-0.4, -0.2) is 54.0 Å². The molecule has 1 aromatic carbocycles. The van der Waals surface area contributed by atoms with Crippen LogP contribution in [0.15, 0.2) is 24.3 Å². The molecule has 0 unspecified atom stereocenters. The number of anilines is 1. The van der Waals surface area contributed by atoms with E-state index in [0.29, 0.717) is 0 Å². The number of rotatable bonds is 4. The zero-order chi connectivity index (χ0) is 12.3. The van der Waals surface area contributed by atoms with Gasteiger partial charge in [-0.1, -0.05) is 18.2 Å². The van der Waals surface area contributed by atoms with Gasteiger partial charge in [0.05, 0.1) is 0 Å². The molecular weight excluding hydrogens is 214 g/mol. The third-order valence-corrected chi connectivity index (χ3v) is 4.13. The van der Waals surface area contributed by atoms with Crippen molar-refractivity contribution >= 4 is 21.1 Å². The number of nitrogens with one attached hydrogen (secondary N) is 1. The molecule has 0 saturated heterocycles. The fourth-order valence-electron chi connectivity index (χ4n) is 1.59. The second-order valence-corrected chi connectivity index (χ2v) is 5.83. The van der Waals surface area contributed by atoms with Crippen LogP contribution < -0.4 is 10.5 Å². The molecule has 3 nitrogen and oxygen atoms in total. The monoisotopic (exact) mass is 237 g/mol. The van der Waals surface area contributed by atoms with E-state index in [-0.39, 0.29) is 5.79 Å². The lowest BCUT2D eigenvalue weighted by Gasteiger charge is -2.43. The van der Waals surface area contributed by atoms with Crippen LogP contribution in [-0.2, 0) is 0 Å². The number of hydrogen-bond donors (Lipinski definition) is 1. The van der Waals surface area contributed by atoms with Gasteiger partial charge in [-0.2, -0.15) is 0 Å². The van der Waals surface area contributed by atoms with Gasteiger partial charge in [-0.25, -0.2) is 0 Å². The molecule has 0 aromatic heterocycles. The number of benzene rings is 1. The molecule has 4 heteroatoms. The molecule has 0 radical (unpaired) electrons. The van der Waals surface area contributed by atoms with Crippen molar-refractivity contribution in [3.8, 4) is 0 Å². The number of para-hydroxylation sites is 1. The van der Waals surface area contributed by atoms with Gasteiger partial charge in [-0.05, 0) is 46.4 Å². The SMILES string of the molecule is CN(C)C(C)(Nc1ccccc1[SiH3])N(C)C. The molecule has 0 fully saturated rings. The quantitative estimate of drug-likeness (QED) is 0.582. The van der Waals surface area contributed by atoms with E-state index < -0.39 is 0 Å². The van der Waals surface area contributed by atoms with Crippen molar-refractivity contribution in [2.45, 2.75) is 12.7 Å². The molecule has 0 amide bonds.